The summed E-state index contributed by atoms with van der Waals surface area (Å²) in [7, 11) is 3.88. The van der Waals surface area contributed by atoms with Crippen molar-refractivity contribution in [1.29, 1.82) is 0 Å². The summed E-state index contributed by atoms with van der Waals surface area (Å²) < 4.78 is 0. The fourth-order valence-corrected chi connectivity index (χ4v) is 2.84. The Morgan fingerprint density at radius 3 is 2.40 bits per heavy atom. The summed E-state index contributed by atoms with van der Waals surface area (Å²) in [5.41, 5.74) is 1.44. The highest BCUT2D eigenvalue weighted by molar-refractivity contribution is 6.42. The molecule has 0 bridgehead atoms. The largest absolute Gasteiger partial charge is 0.506 e. The molecule has 1 atom stereocenters. The van der Waals surface area contributed by atoms with Crippen LogP contribution >= 0.6 is 34.8 Å². The fourth-order valence-electron chi connectivity index (χ4n) is 2.34. The molecule has 0 spiro atoms. The van der Waals surface area contributed by atoms with Crippen LogP contribution in [0.15, 0.2) is 36.4 Å². The number of phenols is 1. The molecule has 134 valence electrons. The molecule has 0 saturated carbocycles. The van der Waals surface area contributed by atoms with Crippen LogP contribution in [0.25, 0.3) is 0 Å². The first-order valence-corrected chi connectivity index (χ1v) is 8.78. The Morgan fingerprint density at radius 1 is 1.08 bits per heavy atom. The van der Waals surface area contributed by atoms with Crippen molar-refractivity contribution in [3.05, 3.63) is 62.6 Å². The zero-order valence-corrected chi connectivity index (χ0v) is 16.2. The number of aromatic hydroxyl groups is 1. The zero-order valence-electron chi connectivity index (χ0n) is 13.9. The molecule has 0 aliphatic heterocycles. The standard InChI is InChI=1S/C18H19Cl3N2O2/c1-23(2)13(7-11-3-6-17(24)16(21)8-11)10-22-18(25)12-4-5-14(19)15(20)9-12/h3-6,8-9,13,24H,7,10H2,1-2H3,(H,22,25). The SMILES string of the molecule is CN(C)C(CNC(=O)c1ccc(Cl)c(Cl)c1)Cc1ccc(O)c(Cl)c1. The Morgan fingerprint density at radius 2 is 1.80 bits per heavy atom. The van der Waals surface area contributed by atoms with Gasteiger partial charge in [-0.05, 0) is 56.4 Å². The van der Waals surface area contributed by atoms with Crippen molar-refractivity contribution in [2.24, 2.45) is 0 Å². The van der Waals surface area contributed by atoms with Gasteiger partial charge in [-0.2, -0.15) is 0 Å². The number of nitrogens with zero attached hydrogens (tertiary/aromatic N) is 1. The van der Waals surface area contributed by atoms with E-state index in [2.05, 4.69) is 5.32 Å². The third kappa shape index (κ3) is 5.51. The molecule has 0 aromatic heterocycles. The molecular weight excluding hydrogens is 383 g/mol. The number of carbonyl (C=O) groups is 1. The van der Waals surface area contributed by atoms with Gasteiger partial charge in [0, 0.05) is 18.2 Å². The van der Waals surface area contributed by atoms with Crippen molar-refractivity contribution in [1.82, 2.24) is 10.2 Å². The van der Waals surface area contributed by atoms with Gasteiger partial charge in [0.1, 0.15) is 5.75 Å². The van der Waals surface area contributed by atoms with Crippen LogP contribution in [-0.2, 0) is 6.42 Å². The van der Waals surface area contributed by atoms with Gasteiger partial charge in [-0.15, -0.1) is 0 Å². The van der Waals surface area contributed by atoms with Crippen molar-refractivity contribution in [3.8, 4) is 5.75 Å². The lowest BCUT2D eigenvalue weighted by Crippen LogP contribution is -2.41. The second kappa shape index (κ2) is 8.77. The smallest absolute Gasteiger partial charge is 0.251 e. The summed E-state index contributed by atoms with van der Waals surface area (Å²) in [6.07, 6.45) is 0.675. The molecule has 0 radical (unpaired) electrons. The van der Waals surface area contributed by atoms with Gasteiger partial charge in [0.15, 0.2) is 0 Å². The average Bonchev–Trinajstić information content (AvgIpc) is 2.56. The second-order valence-corrected chi connectivity index (χ2v) is 7.17. The molecule has 1 unspecified atom stereocenters. The summed E-state index contributed by atoms with van der Waals surface area (Å²) >= 11 is 17.8. The summed E-state index contributed by atoms with van der Waals surface area (Å²) in [4.78, 5) is 14.3. The predicted octanol–water partition coefficient (Wildman–Crippen LogP) is 4.26. The third-order valence-corrected chi connectivity index (χ3v) is 4.94. The van der Waals surface area contributed by atoms with Gasteiger partial charge in [-0.3, -0.25) is 4.79 Å². The number of benzene rings is 2. The molecule has 2 aromatic rings. The number of hydrogen-bond donors (Lipinski definition) is 2. The maximum Gasteiger partial charge on any atom is 0.251 e. The topological polar surface area (TPSA) is 52.6 Å². The minimum Gasteiger partial charge on any atom is -0.506 e. The van der Waals surface area contributed by atoms with Crippen molar-refractivity contribution >= 4 is 40.7 Å². The Kier molecular flexibility index (Phi) is 6.96. The molecule has 2 aromatic carbocycles. The van der Waals surface area contributed by atoms with Crippen molar-refractivity contribution in [2.75, 3.05) is 20.6 Å². The van der Waals surface area contributed by atoms with E-state index in [1.807, 2.05) is 25.1 Å². The van der Waals surface area contributed by atoms with Gasteiger partial charge in [0.2, 0.25) is 0 Å². The van der Waals surface area contributed by atoms with Gasteiger partial charge in [-0.1, -0.05) is 40.9 Å². The number of hydrogen-bond acceptors (Lipinski definition) is 3. The van der Waals surface area contributed by atoms with Crippen LogP contribution in [0, 0.1) is 0 Å². The average molecular weight is 402 g/mol. The lowest BCUT2D eigenvalue weighted by molar-refractivity contribution is 0.0941. The summed E-state index contributed by atoms with van der Waals surface area (Å²) in [5.74, 6) is -0.158. The number of phenolic OH excluding ortho intramolecular Hbond substituents is 1. The summed E-state index contributed by atoms with van der Waals surface area (Å²) in [6, 6.07) is 9.95. The normalized spacial score (nSPS) is 12.2. The Labute approximate surface area is 162 Å². The molecule has 0 saturated heterocycles. The highest BCUT2D eigenvalue weighted by atomic mass is 35.5. The number of likely N-dealkylation sites (N-methyl/N-ethyl adjacent to an activating group) is 1. The van der Waals surface area contributed by atoms with E-state index in [0.29, 0.717) is 33.6 Å². The molecule has 4 nitrogen and oxygen atoms in total. The van der Waals surface area contributed by atoms with Crippen LogP contribution in [0.3, 0.4) is 0 Å². The minimum absolute atomic E-state index is 0.0553. The minimum atomic E-state index is -0.214. The molecule has 1 amide bonds. The molecule has 2 N–H and O–H groups in total. The van der Waals surface area contributed by atoms with Crippen molar-refractivity contribution < 1.29 is 9.90 Å². The molecule has 0 heterocycles. The molecule has 25 heavy (non-hydrogen) atoms. The lowest BCUT2D eigenvalue weighted by Gasteiger charge is -2.25. The predicted molar refractivity (Wildman–Crippen MR) is 103 cm³/mol. The maximum absolute atomic E-state index is 12.3. The van der Waals surface area contributed by atoms with Gasteiger partial charge in [0.05, 0.1) is 15.1 Å². The highest BCUT2D eigenvalue weighted by Crippen LogP contribution is 2.25. The van der Waals surface area contributed by atoms with Crippen LogP contribution in [0.5, 0.6) is 5.75 Å². The number of rotatable bonds is 6. The zero-order chi connectivity index (χ0) is 18.6. The second-order valence-electron chi connectivity index (χ2n) is 5.95. The van der Waals surface area contributed by atoms with Crippen molar-refractivity contribution in [3.63, 3.8) is 0 Å². The Hall–Kier alpha value is -1.46. The van der Waals surface area contributed by atoms with Gasteiger partial charge < -0.3 is 15.3 Å². The Bertz CT molecular complexity index is 766. The van der Waals surface area contributed by atoms with E-state index in [9.17, 15) is 9.90 Å². The third-order valence-electron chi connectivity index (χ3n) is 3.89. The van der Waals surface area contributed by atoms with Gasteiger partial charge >= 0.3 is 0 Å². The Balaban J connectivity index is 2.02. The van der Waals surface area contributed by atoms with E-state index in [1.54, 1.807) is 30.3 Å². The monoisotopic (exact) mass is 400 g/mol. The molecule has 2 rings (SSSR count). The number of amides is 1. The van der Waals surface area contributed by atoms with Crippen LogP contribution in [0.4, 0.5) is 0 Å². The van der Waals surface area contributed by atoms with Crippen LogP contribution in [0.2, 0.25) is 15.1 Å². The number of nitrogens with one attached hydrogen (secondary N) is 1. The van der Waals surface area contributed by atoms with E-state index >= 15 is 0 Å². The summed E-state index contributed by atoms with van der Waals surface area (Å²) in [5, 5.41) is 13.5. The first-order chi connectivity index (χ1) is 11.8. The molecule has 7 heteroatoms. The van der Waals surface area contributed by atoms with E-state index in [0.717, 1.165) is 5.56 Å². The van der Waals surface area contributed by atoms with E-state index in [4.69, 9.17) is 34.8 Å². The molecule has 0 aliphatic rings. The number of carbonyl (C=O) groups excluding carboxylic acids is 1. The highest BCUT2D eigenvalue weighted by Gasteiger charge is 2.16. The molecule has 0 aliphatic carbocycles. The molecular formula is C18H19Cl3N2O2. The van der Waals surface area contributed by atoms with Crippen LogP contribution in [-0.4, -0.2) is 42.6 Å². The van der Waals surface area contributed by atoms with Crippen molar-refractivity contribution in [2.45, 2.75) is 12.5 Å². The molecule has 0 fully saturated rings. The number of halogens is 3. The van der Waals surface area contributed by atoms with E-state index < -0.39 is 0 Å². The van der Waals surface area contributed by atoms with Crippen LogP contribution < -0.4 is 5.32 Å². The van der Waals surface area contributed by atoms with E-state index in [1.165, 1.54) is 0 Å². The fraction of sp³-hybridized carbons (Fsp3) is 0.278. The van der Waals surface area contributed by atoms with Gasteiger partial charge in [-0.25, -0.2) is 0 Å². The lowest BCUT2D eigenvalue weighted by atomic mass is 10.0. The van der Waals surface area contributed by atoms with Crippen LogP contribution in [0.1, 0.15) is 15.9 Å². The summed E-state index contributed by atoms with van der Waals surface area (Å²) in [6.45, 7) is 0.449. The maximum atomic E-state index is 12.3. The first kappa shape index (κ1) is 19.9. The first-order valence-electron chi connectivity index (χ1n) is 7.65. The quantitative estimate of drug-likeness (QED) is 0.760. The van der Waals surface area contributed by atoms with Gasteiger partial charge in [0.25, 0.3) is 5.91 Å². The van der Waals surface area contributed by atoms with E-state index in [-0.39, 0.29) is 17.7 Å².